The number of halogens is 1. The molecule has 0 heterocycles. The van der Waals surface area contributed by atoms with E-state index >= 15 is 0 Å². The van der Waals surface area contributed by atoms with E-state index in [4.69, 9.17) is 17.3 Å². The van der Waals surface area contributed by atoms with Crippen LogP contribution in [0.15, 0.2) is 18.2 Å². The van der Waals surface area contributed by atoms with Crippen LogP contribution in [-0.4, -0.2) is 5.54 Å². The summed E-state index contributed by atoms with van der Waals surface area (Å²) >= 11 is 6.00. The maximum atomic E-state index is 6.00. The van der Waals surface area contributed by atoms with E-state index < -0.39 is 0 Å². The van der Waals surface area contributed by atoms with Gasteiger partial charge >= 0.3 is 0 Å². The van der Waals surface area contributed by atoms with Gasteiger partial charge in [0.1, 0.15) is 0 Å². The summed E-state index contributed by atoms with van der Waals surface area (Å²) in [4.78, 5) is 0. The second kappa shape index (κ2) is 5.28. The Morgan fingerprint density at radius 2 is 1.94 bits per heavy atom. The highest BCUT2D eigenvalue weighted by atomic mass is 35.5. The lowest BCUT2D eigenvalue weighted by Crippen LogP contribution is -2.43. The van der Waals surface area contributed by atoms with E-state index in [2.05, 4.69) is 12.2 Å². The molecule has 3 N–H and O–H groups in total. The van der Waals surface area contributed by atoms with Crippen LogP contribution in [0.25, 0.3) is 0 Å². The van der Waals surface area contributed by atoms with Crippen LogP contribution in [0.1, 0.15) is 44.6 Å². The Kier molecular flexibility index (Phi) is 3.95. The number of nitrogen functional groups attached to an aromatic ring is 1. The van der Waals surface area contributed by atoms with E-state index in [9.17, 15) is 0 Å². The standard InChI is InChI=1S/C14H21ClN2/c1-14(5-3-2-4-6-14)17-10-11-7-12(15)9-13(16)8-11/h7-9,17H,2-6,10,16H2,1H3. The first-order valence-electron chi connectivity index (χ1n) is 6.37. The Balaban J connectivity index is 1.96. The van der Waals surface area contributed by atoms with Gasteiger partial charge in [0.05, 0.1) is 0 Å². The molecular weight excluding hydrogens is 232 g/mol. The van der Waals surface area contributed by atoms with Crippen LogP contribution in [0, 0.1) is 0 Å². The van der Waals surface area contributed by atoms with E-state index in [-0.39, 0.29) is 5.54 Å². The lowest BCUT2D eigenvalue weighted by Gasteiger charge is -2.35. The Morgan fingerprint density at radius 3 is 2.59 bits per heavy atom. The van der Waals surface area contributed by atoms with Crippen molar-refractivity contribution in [3.63, 3.8) is 0 Å². The van der Waals surface area contributed by atoms with Crippen molar-refractivity contribution in [2.24, 2.45) is 0 Å². The summed E-state index contributed by atoms with van der Waals surface area (Å²) in [5.74, 6) is 0. The van der Waals surface area contributed by atoms with E-state index in [0.717, 1.165) is 17.3 Å². The molecule has 1 aromatic rings. The molecule has 94 valence electrons. The van der Waals surface area contributed by atoms with Gasteiger partial charge in [-0.25, -0.2) is 0 Å². The van der Waals surface area contributed by atoms with Gasteiger partial charge in [0.15, 0.2) is 0 Å². The highest BCUT2D eigenvalue weighted by Crippen LogP contribution is 2.28. The first-order valence-corrected chi connectivity index (χ1v) is 6.75. The molecule has 0 aliphatic heterocycles. The lowest BCUT2D eigenvalue weighted by molar-refractivity contribution is 0.252. The molecule has 1 aliphatic carbocycles. The van der Waals surface area contributed by atoms with E-state index in [0.29, 0.717) is 0 Å². The van der Waals surface area contributed by atoms with Crippen molar-refractivity contribution in [2.45, 2.75) is 51.1 Å². The molecule has 0 saturated heterocycles. The molecular formula is C14H21ClN2. The second-order valence-corrected chi connectivity index (χ2v) is 5.80. The fourth-order valence-electron chi connectivity index (χ4n) is 2.60. The highest BCUT2D eigenvalue weighted by Gasteiger charge is 2.25. The van der Waals surface area contributed by atoms with Crippen molar-refractivity contribution >= 4 is 17.3 Å². The van der Waals surface area contributed by atoms with Crippen LogP contribution >= 0.6 is 11.6 Å². The van der Waals surface area contributed by atoms with Crippen molar-refractivity contribution in [3.8, 4) is 0 Å². The number of rotatable bonds is 3. The average molecular weight is 253 g/mol. The van der Waals surface area contributed by atoms with Crippen LogP contribution in [0.4, 0.5) is 5.69 Å². The minimum atomic E-state index is 0.287. The number of hydrogen-bond donors (Lipinski definition) is 2. The number of nitrogens with two attached hydrogens (primary N) is 1. The maximum absolute atomic E-state index is 6.00. The van der Waals surface area contributed by atoms with Crippen LogP contribution in [-0.2, 0) is 6.54 Å². The monoisotopic (exact) mass is 252 g/mol. The molecule has 0 radical (unpaired) electrons. The van der Waals surface area contributed by atoms with Gasteiger partial charge in [-0.05, 0) is 43.5 Å². The van der Waals surface area contributed by atoms with E-state index in [1.54, 1.807) is 6.07 Å². The average Bonchev–Trinajstić information content (AvgIpc) is 2.26. The zero-order chi connectivity index (χ0) is 12.3. The smallest absolute Gasteiger partial charge is 0.0429 e. The van der Waals surface area contributed by atoms with E-state index in [1.165, 1.54) is 37.7 Å². The molecule has 3 heteroatoms. The van der Waals surface area contributed by atoms with Crippen molar-refractivity contribution in [1.29, 1.82) is 0 Å². The lowest BCUT2D eigenvalue weighted by atomic mass is 9.83. The fraction of sp³-hybridized carbons (Fsp3) is 0.571. The molecule has 0 spiro atoms. The Bertz CT molecular complexity index is 364. The summed E-state index contributed by atoms with van der Waals surface area (Å²) < 4.78 is 0. The molecule has 2 nitrogen and oxygen atoms in total. The van der Waals surface area contributed by atoms with Gasteiger partial charge in [0.25, 0.3) is 0 Å². The van der Waals surface area contributed by atoms with Gasteiger partial charge in [-0.2, -0.15) is 0 Å². The topological polar surface area (TPSA) is 38.0 Å². The van der Waals surface area contributed by atoms with Gasteiger partial charge in [0, 0.05) is 22.8 Å². The zero-order valence-electron chi connectivity index (χ0n) is 10.4. The Morgan fingerprint density at radius 1 is 1.24 bits per heavy atom. The summed E-state index contributed by atoms with van der Waals surface area (Å²) in [6.07, 6.45) is 6.58. The summed E-state index contributed by atoms with van der Waals surface area (Å²) in [6.45, 7) is 3.17. The third-order valence-corrected chi connectivity index (χ3v) is 3.87. The molecule has 0 aromatic heterocycles. The van der Waals surface area contributed by atoms with Crippen molar-refractivity contribution in [1.82, 2.24) is 5.32 Å². The predicted octanol–water partition coefficient (Wildman–Crippen LogP) is 3.73. The molecule has 0 unspecified atom stereocenters. The van der Waals surface area contributed by atoms with Gasteiger partial charge < -0.3 is 11.1 Å². The number of nitrogens with one attached hydrogen (secondary N) is 1. The summed E-state index contributed by atoms with van der Waals surface area (Å²) in [5, 5.41) is 4.37. The third kappa shape index (κ3) is 3.62. The van der Waals surface area contributed by atoms with Crippen molar-refractivity contribution < 1.29 is 0 Å². The molecule has 17 heavy (non-hydrogen) atoms. The SMILES string of the molecule is CC1(NCc2cc(N)cc(Cl)c2)CCCCC1. The van der Waals surface area contributed by atoms with Crippen LogP contribution in [0.3, 0.4) is 0 Å². The molecule has 1 saturated carbocycles. The second-order valence-electron chi connectivity index (χ2n) is 5.37. The Labute approximate surface area is 109 Å². The minimum absolute atomic E-state index is 0.287. The third-order valence-electron chi connectivity index (χ3n) is 3.66. The summed E-state index contributed by atoms with van der Waals surface area (Å²) in [7, 11) is 0. The predicted molar refractivity (Wildman–Crippen MR) is 74.2 cm³/mol. The Hall–Kier alpha value is -0.730. The number of hydrogen-bond acceptors (Lipinski definition) is 2. The summed E-state index contributed by atoms with van der Waals surface area (Å²) in [6, 6.07) is 5.76. The molecule has 0 amide bonds. The molecule has 1 aliphatic rings. The molecule has 2 rings (SSSR count). The number of benzene rings is 1. The first kappa shape index (κ1) is 12.7. The molecule has 1 fully saturated rings. The first-order chi connectivity index (χ1) is 8.07. The van der Waals surface area contributed by atoms with Crippen molar-refractivity contribution in [3.05, 3.63) is 28.8 Å². The maximum Gasteiger partial charge on any atom is 0.0429 e. The zero-order valence-corrected chi connectivity index (χ0v) is 11.2. The van der Waals surface area contributed by atoms with Gasteiger partial charge in [-0.1, -0.05) is 30.9 Å². The normalized spacial score (nSPS) is 19.2. The minimum Gasteiger partial charge on any atom is -0.399 e. The van der Waals surface area contributed by atoms with Gasteiger partial charge in [-0.15, -0.1) is 0 Å². The van der Waals surface area contributed by atoms with Gasteiger partial charge in [-0.3, -0.25) is 0 Å². The quantitative estimate of drug-likeness (QED) is 0.805. The van der Waals surface area contributed by atoms with Crippen LogP contribution in [0.5, 0.6) is 0 Å². The van der Waals surface area contributed by atoms with Crippen molar-refractivity contribution in [2.75, 3.05) is 5.73 Å². The molecule has 1 aromatic carbocycles. The van der Waals surface area contributed by atoms with Gasteiger partial charge in [0.2, 0.25) is 0 Å². The summed E-state index contributed by atoms with van der Waals surface area (Å²) in [5.41, 5.74) is 7.98. The van der Waals surface area contributed by atoms with E-state index in [1.807, 2.05) is 12.1 Å². The number of anilines is 1. The fourth-order valence-corrected chi connectivity index (χ4v) is 2.87. The van der Waals surface area contributed by atoms with Crippen LogP contribution in [0.2, 0.25) is 5.02 Å². The molecule has 0 atom stereocenters. The highest BCUT2D eigenvalue weighted by molar-refractivity contribution is 6.30. The largest absolute Gasteiger partial charge is 0.399 e. The molecule has 0 bridgehead atoms. The van der Waals surface area contributed by atoms with Crippen LogP contribution < -0.4 is 11.1 Å².